The minimum atomic E-state index is -1.08. The van der Waals surface area contributed by atoms with E-state index in [4.69, 9.17) is 0 Å². The van der Waals surface area contributed by atoms with Crippen LogP contribution in [0.2, 0.25) is 0 Å². The van der Waals surface area contributed by atoms with Gasteiger partial charge in [-0.1, -0.05) is 31.2 Å². The Bertz CT molecular complexity index is 1110. The lowest BCUT2D eigenvalue weighted by Gasteiger charge is -2.32. The zero-order valence-corrected chi connectivity index (χ0v) is 16.9. The fourth-order valence-electron chi connectivity index (χ4n) is 4.20. The quantitative estimate of drug-likeness (QED) is 0.606. The Hall–Kier alpha value is -3.19. The normalized spacial score (nSPS) is 18.8. The van der Waals surface area contributed by atoms with Crippen molar-refractivity contribution in [2.75, 3.05) is 7.05 Å². The van der Waals surface area contributed by atoms with Crippen LogP contribution < -0.4 is 5.32 Å². The molecule has 2 amide bonds. The number of aliphatic hydroxyl groups is 1. The zero-order valence-electron chi connectivity index (χ0n) is 16.9. The number of aromatic nitrogens is 1. The highest BCUT2D eigenvalue weighted by Gasteiger charge is 2.39. The van der Waals surface area contributed by atoms with E-state index in [1.54, 1.807) is 26.1 Å². The van der Waals surface area contributed by atoms with Crippen molar-refractivity contribution in [3.05, 3.63) is 71.2 Å². The van der Waals surface area contributed by atoms with Gasteiger partial charge in [-0.05, 0) is 48.2 Å². The number of fused-ring (bicyclic) bond motifs is 2. The summed E-state index contributed by atoms with van der Waals surface area (Å²) >= 11 is 0. The molecule has 7 heteroatoms. The van der Waals surface area contributed by atoms with Gasteiger partial charge in [-0.2, -0.15) is 0 Å². The monoisotopic (exact) mass is 409 g/mol. The van der Waals surface area contributed by atoms with Crippen molar-refractivity contribution in [2.24, 2.45) is 0 Å². The second-order valence-electron chi connectivity index (χ2n) is 7.72. The molecule has 6 nitrogen and oxygen atoms in total. The van der Waals surface area contributed by atoms with Gasteiger partial charge in [-0.15, -0.1) is 0 Å². The van der Waals surface area contributed by atoms with Crippen molar-refractivity contribution in [1.82, 2.24) is 15.2 Å². The van der Waals surface area contributed by atoms with E-state index in [0.717, 1.165) is 11.1 Å². The third-order valence-corrected chi connectivity index (χ3v) is 5.78. The lowest BCUT2D eigenvalue weighted by Crippen LogP contribution is -2.47. The van der Waals surface area contributed by atoms with E-state index in [1.165, 1.54) is 17.0 Å². The number of halogens is 1. The van der Waals surface area contributed by atoms with Gasteiger partial charge in [-0.25, -0.2) is 4.39 Å². The Morgan fingerprint density at radius 3 is 2.80 bits per heavy atom. The van der Waals surface area contributed by atoms with E-state index >= 15 is 0 Å². The smallest absolute Gasteiger partial charge is 0.268 e. The summed E-state index contributed by atoms with van der Waals surface area (Å²) in [7, 11) is 1.65. The molecule has 1 aliphatic carbocycles. The largest absolute Gasteiger partial charge is 0.383 e. The van der Waals surface area contributed by atoms with E-state index < -0.39 is 6.10 Å². The molecule has 156 valence electrons. The summed E-state index contributed by atoms with van der Waals surface area (Å²) in [4.78, 5) is 30.1. The number of carbonyl (C=O) groups is 2. The first-order valence-electron chi connectivity index (χ1n) is 10.0. The van der Waals surface area contributed by atoms with Gasteiger partial charge in [0, 0.05) is 18.0 Å². The lowest BCUT2D eigenvalue weighted by molar-refractivity contribution is -0.141. The maximum atomic E-state index is 13.5. The average Bonchev–Trinajstić information content (AvgIpc) is 3.32. The Labute approximate surface area is 173 Å². The Morgan fingerprint density at radius 2 is 2.03 bits per heavy atom. The molecule has 3 aromatic rings. The first-order valence-corrected chi connectivity index (χ1v) is 10.0. The van der Waals surface area contributed by atoms with Crippen molar-refractivity contribution in [1.29, 1.82) is 0 Å². The number of hydrogen-bond acceptors (Lipinski definition) is 3. The summed E-state index contributed by atoms with van der Waals surface area (Å²) in [5.41, 5.74) is 3.01. The first kappa shape index (κ1) is 20.1. The van der Waals surface area contributed by atoms with Crippen LogP contribution in [0.4, 0.5) is 4.39 Å². The van der Waals surface area contributed by atoms with E-state index in [1.807, 2.05) is 24.3 Å². The summed E-state index contributed by atoms with van der Waals surface area (Å²) in [6, 6.07) is 12.9. The average molecular weight is 409 g/mol. The molecule has 0 aliphatic heterocycles. The molecule has 0 radical (unpaired) electrons. The molecule has 1 aromatic heterocycles. The van der Waals surface area contributed by atoms with Crippen LogP contribution in [-0.4, -0.2) is 46.0 Å². The molecule has 0 bridgehead atoms. The van der Waals surface area contributed by atoms with Crippen molar-refractivity contribution in [3.8, 4) is 0 Å². The van der Waals surface area contributed by atoms with E-state index in [0.29, 0.717) is 29.4 Å². The van der Waals surface area contributed by atoms with Gasteiger partial charge in [0.15, 0.2) is 0 Å². The van der Waals surface area contributed by atoms with Crippen LogP contribution in [0, 0.1) is 5.82 Å². The van der Waals surface area contributed by atoms with Crippen molar-refractivity contribution >= 4 is 22.7 Å². The first-order chi connectivity index (χ1) is 14.4. The van der Waals surface area contributed by atoms with Crippen LogP contribution >= 0.6 is 0 Å². The molecule has 0 unspecified atom stereocenters. The number of hydrogen-bond donors (Lipinski definition) is 3. The van der Waals surface area contributed by atoms with Gasteiger partial charge in [0.05, 0.1) is 12.1 Å². The molecule has 0 fully saturated rings. The molecule has 3 N–H and O–H groups in total. The zero-order chi connectivity index (χ0) is 21.4. The van der Waals surface area contributed by atoms with Crippen molar-refractivity contribution in [2.45, 2.75) is 38.0 Å². The van der Waals surface area contributed by atoms with Crippen LogP contribution in [0.3, 0.4) is 0 Å². The lowest BCUT2D eigenvalue weighted by atomic mass is 10.0. The molecule has 1 heterocycles. The van der Waals surface area contributed by atoms with Gasteiger partial charge in [0.25, 0.3) is 11.8 Å². The molecule has 0 saturated heterocycles. The molecular formula is C23H24FN3O3. The second-order valence-corrected chi connectivity index (χ2v) is 7.72. The minimum Gasteiger partial charge on any atom is -0.383 e. The van der Waals surface area contributed by atoms with E-state index in [-0.39, 0.29) is 29.7 Å². The van der Waals surface area contributed by atoms with Gasteiger partial charge in [0.2, 0.25) is 0 Å². The molecule has 4 rings (SSSR count). The fourth-order valence-corrected chi connectivity index (χ4v) is 4.20. The number of amides is 2. The summed E-state index contributed by atoms with van der Waals surface area (Å²) in [5, 5.41) is 13.7. The number of rotatable bonds is 5. The molecule has 3 atom stereocenters. The van der Waals surface area contributed by atoms with Gasteiger partial charge < -0.3 is 20.3 Å². The topological polar surface area (TPSA) is 85.4 Å². The van der Waals surface area contributed by atoms with Gasteiger partial charge >= 0.3 is 0 Å². The molecule has 1 aliphatic rings. The number of nitrogens with zero attached hydrogens (tertiary/aromatic N) is 1. The maximum Gasteiger partial charge on any atom is 0.268 e. The van der Waals surface area contributed by atoms with Crippen LogP contribution in [0.5, 0.6) is 0 Å². The van der Waals surface area contributed by atoms with E-state index in [2.05, 4.69) is 10.3 Å². The third kappa shape index (κ3) is 3.57. The predicted octanol–water partition coefficient (Wildman–Crippen LogP) is 2.93. The second kappa shape index (κ2) is 7.91. The van der Waals surface area contributed by atoms with Gasteiger partial charge in [0.1, 0.15) is 17.6 Å². The predicted molar refractivity (Wildman–Crippen MR) is 111 cm³/mol. The highest BCUT2D eigenvalue weighted by atomic mass is 19.1. The summed E-state index contributed by atoms with van der Waals surface area (Å²) < 4.78 is 13.5. The number of nitrogens with one attached hydrogen (secondary N) is 2. The Morgan fingerprint density at radius 1 is 1.27 bits per heavy atom. The molecular weight excluding hydrogens is 385 g/mol. The number of aromatic amines is 1. The van der Waals surface area contributed by atoms with Crippen molar-refractivity contribution in [3.63, 3.8) is 0 Å². The summed E-state index contributed by atoms with van der Waals surface area (Å²) in [5.74, 6) is -1.07. The summed E-state index contributed by atoms with van der Waals surface area (Å²) in [6.45, 7) is 1.75. The number of likely N-dealkylation sites (N-methyl/N-ethyl adjacent to an activating group) is 1. The Balaban J connectivity index is 1.61. The van der Waals surface area contributed by atoms with Crippen molar-refractivity contribution < 1.29 is 19.1 Å². The Kier molecular flexibility index (Phi) is 5.30. The SMILES string of the molecule is CC[C@H](O)C(=O)N(C)[C@H]1c2ccccc2C[C@H]1NC(=O)c1cc2cc(F)ccc2[nH]1. The van der Waals surface area contributed by atoms with E-state index in [9.17, 15) is 19.1 Å². The minimum absolute atomic E-state index is 0.320. The van der Waals surface area contributed by atoms with Crippen LogP contribution in [0.25, 0.3) is 10.9 Å². The fraction of sp³-hybridized carbons (Fsp3) is 0.304. The number of aliphatic hydroxyl groups excluding tert-OH is 1. The standard InChI is InChI=1S/C23H24FN3O3/c1-3-20(28)23(30)27(2)21-16-7-5-4-6-13(16)11-18(21)26-22(29)19-12-14-10-15(24)8-9-17(14)25-19/h4-10,12,18,20-21,25,28H,3,11H2,1-2H3,(H,26,29)/t18-,20+,21+/m1/s1. The third-order valence-electron chi connectivity index (χ3n) is 5.78. The van der Waals surface area contributed by atoms with Crippen LogP contribution in [0.15, 0.2) is 48.5 Å². The highest BCUT2D eigenvalue weighted by Crippen LogP contribution is 2.36. The number of carbonyl (C=O) groups excluding carboxylic acids is 2. The molecule has 30 heavy (non-hydrogen) atoms. The van der Waals surface area contributed by atoms with Gasteiger partial charge in [-0.3, -0.25) is 9.59 Å². The molecule has 2 aromatic carbocycles. The highest BCUT2D eigenvalue weighted by molar-refractivity contribution is 5.98. The number of benzene rings is 2. The molecule has 0 spiro atoms. The van der Waals surface area contributed by atoms with Crippen LogP contribution in [0.1, 0.15) is 41.0 Å². The summed E-state index contributed by atoms with van der Waals surface area (Å²) in [6.07, 6.45) is -0.190. The van der Waals surface area contributed by atoms with Crippen LogP contribution in [-0.2, 0) is 11.2 Å². The maximum absolute atomic E-state index is 13.5. The molecule has 0 saturated carbocycles. The number of H-pyrrole nitrogens is 1.